The molecule has 0 amide bonds. The fourth-order valence-electron chi connectivity index (χ4n) is 3.04. The summed E-state index contributed by atoms with van der Waals surface area (Å²) in [4.78, 5) is 2.48. The Labute approximate surface area is 135 Å². The summed E-state index contributed by atoms with van der Waals surface area (Å²) in [5, 5.41) is 0. The molecular weight excluding hydrogens is 324 g/mol. The van der Waals surface area contributed by atoms with Crippen LogP contribution in [0.2, 0.25) is 0 Å². The third kappa shape index (κ3) is 3.47. The van der Waals surface area contributed by atoms with E-state index >= 15 is 0 Å². The van der Waals surface area contributed by atoms with Crippen molar-refractivity contribution in [2.75, 3.05) is 18.0 Å². The molecule has 3 rings (SSSR count). The topological polar surface area (TPSA) is 29.3 Å². The first-order valence-corrected chi connectivity index (χ1v) is 8.37. The van der Waals surface area contributed by atoms with Crippen molar-refractivity contribution in [2.24, 2.45) is 5.73 Å². The van der Waals surface area contributed by atoms with Crippen molar-refractivity contribution in [1.82, 2.24) is 0 Å². The summed E-state index contributed by atoms with van der Waals surface area (Å²) in [6, 6.07) is 17.2. The highest BCUT2D eigenvalue weighted by molar-refractivity contribution is 9.10. The summed E-state index contributed by atoms with van der Waals surface area (Å²) in [6.45, 7) is 2.16. The fraction of sp³-hybridized carbons (Fsp3) is 0.333. The Hall–Kier alpha value is -1.32. The van der Waals surface area contributed by atoms with Crippen LogP contribution in [0.4, 0.5) is 5.69 Å². The lowest BCUT2D eigenvalue weighted by molar-refractivity contribution is 0.603. The van der Waals surface area contributed by atoms with Crippen LogP contribution in [-0.2, 0) is 6.42 Å². The van der Waals surface area contributed by atoms with Gasteiger partial charge in [0.1, 0.15) is 0 Å². The van der Waals surface area contributed by atoms with E-state index in [0.29, 0.717) is 0 Å². The Balaban J connectivity index is 1.66. The predicted octanol–water partition coefficient (Wildman–Crippen LogP) is 4.29. The quantitative estimate of drug-likeness (QED) is 0.896. The summed E-state index contributed by atoms with van der Waals surface area (Å²) >= 11 is 3.51. The first kappa shape index (κ1) is 14.6. The number of fused-ring (bicyclic) bond motifs is 1. The van der Waals surface area contributed by atoms with Gasteiger partial charge < -0.3 is 10.6 Å². The van der Waals surface area contributed by atoms with E-state index in [0.717, 1.165) is 24.0 Å². The first-order valence-electron chi connectivity index (χ1n) is 7.58. The molecule has 0 saturated heterocycles. The molecule has 0 aromatic heterocycles. The molecule has 1 heterocycles. The normalized spacial score (nSPS) is 15.6. The van der Waals surface area contributed by atoms with Crippen molar-refractivity contribution < 1.29 is 0 Å². The maximum Gasteiger partial charge on any atom is 0.0398 e. The van der Waals surface area contributed by atoms with Crippen molar-refractivity contribution in [2.45, 2.75) is 25.3 Å². The molecule has 3 heteroatoms. The maximum atomic E-state index is 6.35. The number of rotatable bonds is 4. The molecular formula is C18H21BrN2. The van der Waals surface area contributed by atoms with Crippen LogP contribution in [0.3, 0.4) is 0 Å². The molecule has 1 aliphatic rings. The predicted molar refractivity (Wildman–Crippen MR) is 92.7 cm³/mol. The Morgan fingerprint density at radius 1 is 1.14 bits per heavy atom. The number of hydrogen-bond acceptors (Lipinski definition) is 2. The second-order valence-corrected chi connectivity index (χ2v) is 6.59. The number of nitrogens with zero attached hydrogens (tertiary/aromatic N) is 1. The maximum absolute atomic E-state index is 6.35. The van der Waals surface area contributed by atoms with Gasteiger partial charge in [-0.1, -0.05) is 46.3 Å². The number of anilines is 1. The Bertz CT molecular complexity index is 612. The highest BCUT2D eigenvalue weighted by atomic mass is 79.9. The summed E-state index contributed by atoms with van der Waals surface area (Å²) in [6.07, 6.45) is 3.41. The monoisotopic (exact) mass is 344 g/mol. The van der Waals surface area contributed by atoms with Crippen molar-refractivity contribution in [3.63, 3.8) is 0 Å². The van der Waals surface area contributed by atoms with Crippen LogP contribution in [0.15, 0.2) is 53.0 Å². The standard InChI is InChI=1S/C18H21BrN2/c19-16-8-3-6-15(13-16)17(20)10-12-21-11-4-7-14-5-1-2-9-18(14)21/h1-3,5-6,8-9,13,17H,4,7,10-12,20H2. The zero-order valence-electron chi connectivity index (χ0n) is 12.1. The number of aryl methyl sites for hydroxylation is 1. The Morgan fingerprint density at radius 2 is 2.00 bits per heavy atom. The van der Waals surface area contributed by atoms with E-state index in [2.05, 4.69) is 63.3 Å². The minimum absolute atomic E-state index is 0.0941. The Morgan fingerprint density at radius 3 is 2.86 bits per heavy atom. The van der Waals surface area contributed by atoms with Crippen LogP contribution in [-0.4, -0.2) is 13.1 Å². The summed E-state index contributed by atoms with van der Waals surface area (Å²) in [7, 11) is 0. The molecule has 2 nitrogen and oxygen atoms in total. The van der Waals surface area contributed by atoms with Gasteiger partial charge in [-0.2, -0.15) is 0 Å². The number of halogens is 1. The van der Waals surface area contributed by atoms with E-state index in [1.54, 1.807) is 0 Å². The number of benzene rings is 2. The molecule has 0 radical (unpaired) electrons. The van der Waals surface area contributed by atoms with E-state index in [4.69, 9.17) is 5.73 Å². The minimum atomic E-state index is 0.0941. The van der Waals surface area contributed by atoms with Gasteiger partial charge in [-0.05, 0) is 48.6 Å². The zero-order chi connectivity index (χ0) is 14.7. The molecule has 2 aromatic rings. The van der Waals surface area contributed by atoms with E-state index in [1.165, 1.54) is 29.7 Å². The van der Waals surface area contributed by atoms with E-state index in [-0.39, 0.29) is 6.04 Å². The van der Waals surface area contributed by atoms with Crippen LogP contribution < -0.4 is 10.6 Å². The van der Waals surface area contributed by atoms with Gasteiger partial charge in [-0.15, -0.1) is 0 Å². The van der Waals surface area contributed by atoms with Crippen molar-refractivity contribution in [1.29, 1.82) is 0 Å². The summed E-state index contributed by atoms with van der Waals surface area (Å²) < 4.78 is 1.10. The fourth-order valence-corrected chi connectivity index (χ4v) is 3.46. The lowest BCUT2D eigenvalue weighted by Gasteiger charge is -2.32. The van der Waals surface area contributed by atoms with Crippen LogP contribution in [0.25, 0.3) is 0 Å². The summed E-state index contributed by atoms with van der Waals surface area (Å²) in [5.74, 6) is 0. The SMILES string of the molecule is NC(CCN1CCCc2ccccc21)c1cccc(Br)c1. The molecule has 0 spiro atoms. The highest BCUT2D eigenvalue weighted by Crippen LogP contribution is 2.28. The third-order valence-corrected chi connectivity index (χ3v) is 4.69. The number of nitrogens with two attached hydrogens (primary N) is 1. The molecule has 21 heavy (non-hydrogen) atoms. The van der Waals surface area contributed by atoms with E-state index in [1.807, 2.05) is 6.07 Å². The molecule has 110 valence electrons. The van der Waals surface area contributed by atoms with Crippen LogP contribution in [0.1, 0.15) is 30.0 Å². The highest BCUT2D eigenvalue weighted by Gasteiger charge is 2.17. The number of hydrogen-bond donors (Lipinski definition) is 1. The molecule has 1 atom stereocenters. The Kier molecular flexibility index (Phi) is 4.61. The molecule has 1 unspecified atom stereocenters. The smallest absolute Gasteiger partial charge is 0.0398 e. The van der Waals surface area contributed by atoms with Crippen molar-refractivity contribution in [3.8, 4) is 0 Å². The second-order valence-electron chi connectivity index (χ2n) is 5.67. The first-order chi connectivity index (χ1) is 10.2. The van der Waals surface area contributed by atoms with Crippen molar-refractivity contribution in [3.05, 3.63) is 64.1 Å². The van der Waals surface area contributed by atoms with Crippen LogP contribution in [0.5, 0.6) is 0 Å². The van der Waals surface area contributed by atoms with Gasteiger partial charge in [0.05, 0.1) is 0 Å². The van der Waals surface area contributed by atoms with Crippen LogP contribution >= 0.6 is 15.9 Å². The average molecular weight is 345 g/mol. The summed E-state index contributed by atoms with van der Waals surface area (Å²) in [5.41, 5.74) is 10.4. The third-order valence-electron chi connectivity index (χ3n) is 4.19. The van der Waals surface area contributed by atoms with Crippen LogP contribution in [0, 0.1) is 0 Å². The van der Waals surface area contributed by atoms with Crippen molar-refractivity contribution >= 4 is 21.6 Å². The molecule has 0 saturated carbocycles. The molecule has 2 aromatic carbocycles. The molecule has 1 aliphatic heterocycles. The number of para-hydroxylation sites is 1. The van der Waals surface area contributed by atoms with E-state index in [9.17, 15) is 0 Å². The molecule has 0 fully saturated rings. The van der Waals surface area contributed by atoms with Gasteiger partial charge in [0, 0.05) is 29.3 Å². The molecule has 0 bridgehead atoms. The minimum Gasteiger partial charge on any atom is -0.371 e. The van der Waals surface area contributed by atoms with Gasteiger partial charge in [0.2, 0.25) is 0 Å². The van der Waals surface area contributed by atoms with Gasteiger partial charge in [-0.3, -0.25) is 0 Å². The average Bonchev–Trinajstić information content (AvgIpc) is 2.52. The van der Waals surface area contributed by atoms with Gasteiger partial charge in [0.15, 0.2) is 0 Å². The van der Waals surface area contributed by atoms with Gasteiger partial charge >= 0.3 is 0 Å². The molecule has 0 aliphatic carbocycles. The lowest BCUT2D eigenvalue weighted by Crippen LogP contribution is -2.32. The zero-order valence-corrected chi connectivity index (χ0v) is 13.7. The largest absolute Gasteiger partial charge is 0.371 e. The lowest BCUT2D eigenvalue weighted by atomic mass is 10.00. The second kappa shape index (κ2) is 6.63. The molecule has 2 N–H and O–H groups in total. The van der Waals surface area contributed by atoms with Gasteiger partial charge in [0.25, 0.3) is 0 Å². The van der Waals surface area contributed by atoms with Gasteiger partial charge in [-0.25, -0.2) is 0 Å². The van der Waals surface area contributed by atoms with E-state index < -0.39 is 0 Å².